The van der Waals surface area contributed by atoms with Crippen LogP contribution in [-0.4, -0.2) is 18.4 Å². The number of nitrogens with two attached hydrogens (primary N) is 1. The first-order chi connectivity index (χ1) is 10.1. The summed E-state index contributed by atoms with van der Waals surface area (Å²) in [5.41, 5.74) is 6.00. The Bertz CT molecular complexity index is 887. The third kappa shape index (κ3) is 2.63. The van der Waals surface area contributed by atoms with E-state index in [9.17, 15) is 8.42 Å². The lowest BCUT2D eigenvalue weighted by molar-refractivity contribution is 0.602. The van der Waals surface area contributed by atoms with Gasteiger partial charge in [0.2, 0.25) is 0 Å². The first-order valence-electron chi connectivity index (χ1n) is 6.13. The summed E-state index contributed by atoms with van der Waals surface area (Å²) in [5.74, 6) is 0.218. The van der Waals surface area contributed by atoms with E-state index in [0.29, 0.717) is 11.1 Å². The fourth-order valence-electron chi connectivity index (χ4n) is 1.99. The number of nitrogens with one attached hydrogen (secondary N) is 1. The Morgan fingerprint density at radius 2 is 1.90 bits per heavy atom. The van der Waals surface area contributed by atoms with Crippen LogP contribution in [0.1, 0.15) is 0 Å². The number of hydrogen-bond acceptors (Lipinski definition) is 5. The van der Waals surface area contributed by atoms with Crippen molar-refractivity contribution in [3.8, 4) is 0 Å². The molecule has 2 heterocycles. The third-order valence-electron chi connectivity index (χ3n) is 2.96. The van der Waals surface area contributed by atoms with Crippen molar-refractivity contribution in [3.05, 3.63) is 55.0 Å². The average molecular weight is 300 g/mol. The molecule has 7 heteroatoms. The van der Waals surface area contributed by atoms with Gasteiger partial charge in [0.15, 0.2) is 0 Å². The topological polar surface area (TPSA) is 98.0 Å². The van der Waals surface area contributed by atoms with Crippen LogP contribution in [0.5, 0.6) is 0 Å². The lowest BCUT2D eigenvalue weighted by atomic mass is 10.2. The second-order valence-electron chi connectivity index (χ2n) is 4.44. The number of nitrogens with zero attached hydrogens (tertiary/aromatic N) is 2. The van der Waals surface area contributed by atoms with Gasteiger partial charge >= 0.3 is 0 Å². The minimum Gasteiger partial charge on any atom is -0.397 e. The molecule has 21 heavy (non-hydrogen) atoms. The molecule has 0 aliphatic heterocycles. The Morgan fingerprint density at radius 3 is 2.67 bits per heavy atom. The molecule has 6 nitrogen and oxygen atoms in total. The van der Waals surface area contributed by atoms with Crippen molar-refractivity contribution in [2.24, 2.45) is 0 Å². The third-order valence-corrected chi connectivity index (χ3v) is 4.37. The van der Waals surface area contributed by atoms with E-state index in [0.717, 1.165) is 5.39 Å². The molecule has 0 aliphatic rings. The highest BCUT2D eigenvalue weighted by Crippen LogP contribution is 2.23. The molecule has 0 spiro atoms. The number of anilines is 2. The minimum absolute atomic E-state index is 0.182. The Kier molecular flexibility index (Phi) is 3.19. The SMILES string of the molecule is Nc1ccc(NS(=O)(=O)c2cccc3cnccc23)nc1. The van der Waals surface area contributed by atoms with Crippen LogP contribution in [0, 0.1) is 0 Å². The normalized spacial score (nSPS) is 11.4. The van der Waals surface area contributed by atoms with Gasteiger partial charge in [-0.15, -0.1) is 0 Å². The molecule has 0 radical (unpaired) electrons. The van der Waals surface area contributed by atoms with Gasteiger partial charge in [0.25, 0.3) is 10.0 Å². The highest BCUT2D eigenvalue weighted by molar-refractivity contribution is 7.93. The van der Waals surface area contributed by atoms with E-state index in [1.807, 2.05) is 6.07 Å². The van der Waals surface area contributed by atoms with Crippen molar-refractivity contribution in [1.82, 2.24) is 9.97 Å². The lowest BCUT2D eigenvalue weighted by Crippen LogP contribution is -2.14. The van der Waals surface area contributed by atoms with Gasteiger partial charge < -0.3 is 5.73 Å². The number of hydrogen-bond donors (Lipinski definition) is 2. The smallest absolute Gasteiger partial charge is 0.263 e. The van der Waals surface area contributed by atoms with Gasteiger partial charge in [0.1, 0.15) is 5.82 Å². The number of rotatable bonds is 3. The number of nitrogen functional groups attached to an aromatic ring is 1. The molecular weight excluding hydrogens is 288 g/mol. The Hall–Kier alpha value is -2.67. The zero-order chi connectivity index (χ0) is 14.9. The number of benzene rings is 1. The highest BCUT2D eigenvalue weighted by atomic mass is 32.2. The van der Waals surface area contributed by atoms with E-state index >= 15 is 0 Å². The maximum absolute atomic E-state index is 12.5. The minimum atomic E-state index is -3.73. The van der Waals surface area contributed by atoms with Gasteiger partial charge in [-0.1, -0.05) is 12.1 Å². The van der Waals surface area contributed by atoms with E-state index < -0.39 is 10.0 Å². The molecule has 0 amide bonds. The van der Waals surface area contributed by atoms with Gasteiger partial charge in [0.05, 0.1) is 16.8 Å². The summed E-state index contributed by atoms with van der Waals surface area (Å²) in [6.45, 7) is 0. The van der Waals surface area contributed by atoms with Crippen LogP contribution in [0.15, 0.2) is 59.9 Å². The Labute approximate surface area is 121 Å². The fraction of sp³-hybridized carbons (Fsp3) is 0. The van der Waals surface area contributed by atoms with Crippen molar-refractivity contribution in [2.45, 2.75) is 4.90 Å². The summed E-state index contributed by atoms with van der Waals surface area (Å²) >= 11 is 0. The Morgan fingerprint density at radius 1 is 1.05 bits per heavy atom. The fourth-order valence-corrected chi connectivity index (χ4v) is 3.22. The standard InChI is InChI=1S/C14H12N4O2S/c15-11-4-5-14(17-9-11)18-21(19,20)13-3-1-2-10-8-16-7-6-12(10)13/h1-9H,15H2,(H,17,18). The summed E-state index contributed by atoms with van der Waals surface area (Å²) in [6.07, 6.45) is 4.57. The van der Waals surface area contributed by atoms with Crippen LogP contribution in [0.2, 0.25) is 0 Å². The van der Waals surface area contributed by atoms with Crippen molar-refractivity contribution in [2.75, 3.05) is 10.5 Å². The molecule has 0 atom stereocenters. The van der Waals surface area contributed by atoms with E-state index in [1.54, 1.807) is 36.7 Å². The summed E-state index contributed by atoms with van der Waals surface area (Å²) in [5, 5.41) is 1.36. The predicted molar refractivity (Wildman–Crippen MR) is 81.2 cm³/mol. The zero-order valence-electron chi connectivity index (χ0n) is 10.9. The molecule has 0 fully saturated rings. The predicted octanol–water partition coefficient (Wildman–Crippen LogP) is 2.01. The molecule has 1 aromatic carbocycles. The second-order valence-corrected chi connectivity index (χ2v) is 6.09. The summed E-state index contributed by atoms with van der Waals surface area (Å²) in [4.78, 5) is 8.11. The molecule has 2 aromatic heterocycles. The molecular formula is C14H12N4O2S. The first kappa shape index (κ1) is 13.3. The molecule has 0 bridgehead atoms. The largest absolute Gasteiger partial charge is 0.397 e. The van der Waals surface area contributed by atoms with Crippen molar-refractivity contribution in [1.29, 1.82) is 0 Å². The van der Waals surface area contributed by atoms with E-state index in [-0.39, 0.29) is 10.7 Å². The lowest BCUT2D eigenvalue weighted by Gasteiger charge is -2.09. The molecule has 106 valence electrons. The van der Waals surface area contributed by atoms with Gasteiger partial charge in [-0.3, -0.25) is 9.71 Å². The van der Waals surface area contributed by atoms with Crippen LogP contribution >= 0.6 is 0 Å². The van der Waals surface area contributed by atoms with E-state index in [4.69, 9.17) is 5.73 Å². The second kappa shape index (κ2) is 5.02. The number of fused-ring (bicyclic) bond motifs is 1. The van der Waals surface area contributed by atoms with Crippen LogP contribution in [0.3, 0.4) is 0 Å². The van der Waals surface area contributed by atoms with Gasteiger partial charge in [-0.05, 0) is 24.3 Å². The van der Waals surface area contributed by atoms with Crippen LogP contribution in [-0.2, 0) is 10.0 Å². The van der Waals surface area contributed by atoms with Crippen LogP contribution < -0.4 is 10.5 Å². The van der Waals surface area contributed by atoms with E-state index in [1.165, 1.54) is 12.3 Å². The molecule has 0 saturated carbocycles. The van der Waals surface area contributed by atoms with Gasteiger partial charge in [0, 0.05) is 23.2 Å². The van der Waals surface area contributed by atoms with Crippen molar-refractivity contribution >= 4 is 32.3 Å². The van der Waals surface area contributed by atoms with Crippen molar-refractivity contribution in [3.63, 3.8) is 0 Å². The van der Waals surface area contributed by atoms with Gasteiger partial charge in [-0.2, -0.15) is 0 Å². The molecule has 3 rings (SSSR count). The van der Waals surface area contributed by atoms with E-state index in [2.05, 4.69) is 14.7 Å². The monoisotopic (exact) mass is 300 g/mol. The Balaban J connectivity index is 2.06. The maximum Gasteiger partial charge on any atom is 0.263 e. The van der Waals surface area contributed by atoms with Crippen molar-refractivity contribution < 1.29 is 8.42 Å². The highest BCUT2D eigenvalue weighted by Gasteiger charge is 2.17. The zero-order valence-corrected chi connectivity index (χ0v) is 11.7. The molecule has 0 unspecified atom stereocenters. The molecule has 0 aliphatic carbocycles. The quantitative estimate of drug-likeness (QED) is 0.771. The first-order valence-corrected chi connectivity index (χ1v) is 7.62. The summed E-state index contributed by atoms with van der Waals surface area (Å²) < 4.78 is 27.4. The van der Waals surface area contributed by atoms with Crippen LogP contribution in [0.4, 0.5) is 11.5 Å². The average Bonchev–Trinajstić information content (AvgIpc) is 2.49. The number of sulfonamides is 1. The maximum atomic E-state index is 12.5. The van der Waals surface area contributed by atoms with Crippen LogP contribution in [0.25, 0.3) is 10.8 Å². The molecule has 3 N–H and O–H groups in total. The summed E-state index contributed by atoms with van der Waals surface area (Å²) in [6, 6.07) is 9.79. The molecule has 0 saturated heterocycles. The molecule has 3 aromatic rings. The van der Waals surface area contributed by atoms with Gasteiger partial charge in [-0.25, -0.2) is 13.4 Å². The summed E-state index contributed by atoms with van der Waals surface area (Å²) in [7, 11) is -3.73. The number of pyridine rings is 2. The number of aromatic nitrogens is 2.